The Bertz CT molecular complexity index is 748. The molecule has 4 rings (SSSR count). The van der Waals surface area contributed by atoms with E-state index >= 15 is 0 Å². The summed E-state index contributed by atoms with van der Waals surface area (Å²) in [6.45, 7) is 7.09. The molecule has 0 aromatic carbocycles. The Morgan fingerprint density at radius 2 is 2.16 bits per heavy atom. The van der Waals surface area contributed by atoms with Crippen LogP contribution >= 0.6 is 0 Å². The zero-order valence-electron chi connectivity index (χ0n) is 14.4. The second kappa shape index (κ2) is 6.64. The van der Waals surface area contributed by atoms with Crippen molar-refractivity contribution in [3.8, 4) is 0 Å². The molecular formula is C16H21FN6O2. The van der Waals surface area contributed by atoms with Crippen molar-refractivity contribution in [1.29, 1.82) is 0 Å². The molecule has 2 aromatic heterocycles. The van der Waals surface area contributed by atoms with Crippen LogP contribution in [-0.4, -0.2) is 63.9 Å². The smallest absolute Gasteiger partial charge is 0.246 e. The molecule has 8 nitrogen and oxygen atoms in total. The third kappa shape index (κ3) is 2.98. The highest BCUT2D eigenvalue weighted by atomic mass is 19.1. The Balaban J connectivity index is 1.47. The van der Waals surface area contributed by atoms with E-state index in [1.165, 1.54) is 6.33 Å². The summed E-state index contributed by atoms with van der Waals surface area (Å²) in [5.74, 6) is 1.28. The van der Waals surface area contributed by atoms with Crippen LogP contribution in [0.15, 0.2) is 10.9 Å². The van der Waals surface area contributed by atoms with Crippen molar-refractivity contribution in [2.75, 3.05) is 37.7 Å². The average molecular weight is 348 g/mol. The molecule has 134 valence electrons. The Hall–Kier alpha value is -2.13. The van der Waals surface area contributed by atoms with E-state index < -0.39 is 0 Å². The number of rotatable bonds is 4. The van der Waals surface area contributed by atoms with E-state index in [9.17, 15) is 4.39 Å². The van der Waals surface area contributed by atoms with Gasteiger partial charge in [-0.15, -0.1) is 0 Å². The summed E-state index contributed by atoms with van der Waals surface area (Å²) in [4.78, 5) is 16.7. The van der Waals surface area contributed by atoms with Crippen LogP contribution in [0.4, 0.5) is 10.2 Å². The standard InChI is InChI=1S/C16H21FN6O2/c1-3-12-14(17)15(19-9-18-12)22-6-11(7-22)23-4-5-24-8-13(23)16-20-10(2)21-25-16/h9,11,13H,3-8H2,1-2H3. The Morgan fingerprint density at radius 1 is 1.32 bits per heavy atom. The molecule has 0 radical (unpaired) electrons. The molecule has 2 fully saturated rings. The summed E-state index contributed by atoms with van der Waals surface area (Å²) in [7, 11) is 0. The second-order valence-corrected chi connectivity index (χ2v) is 6.38. The maximum absolute atomic E-state index is 14.4. The van der Waals surface area contributed by atoms with Crippen LogP contribution in [0.2, 0.25) is 0 Å². The van der Waals surface area contributed by atoms with Gasteiger partial charge in [0.1, 0.15) is 12.4 Å². The lowest BCUT2D eigenvalue weighted by Gasteiger charge is -2.49. The van der Waals surface area contributed by atoms with Crippen LogP contribution in [0.3, 0.4) is 0 Å². The first-order valence-corrected chi connectivity index (χ1v) is 8.55. The fourth-order valence-electron chi connectivity index (χ4n) is 3.42. The topological polar surface area (TPSA) is 80.4 Å². The first kappa shape index (κ1) is 16.3. The number of hydrogen-bond donors (Lipinski definition) is 0. The molecule has 1 atom stereocenters. The number of morpholine rings is 1. The molecule has 0 saturated carbocycles. The number of anilines is 1. The summed E-state index contributed by atoms with van der Waals surface area (Å²) in [6.07, 6.45) is 1.99. The molecule has 2 saturated heterocycles. The van der Waals surface area contributed by atoms with Crippen molar-refractivity contribution in [2.45, 2.75) is 32.4 Å². The van der Waals surface area contributed by atoms with E-state index in [0.29, 0.717) is 56.0 Å². The number of ether oxygens (including phenoxy) is 1. The van der Waals surface area contributed by atoms with Crippen LogP contribution in [0.1, 0.15) is 30.4 Å². The molecule has 9 heteroatoms. The molecule has 2 aliphatic rings. The van der Waals surface area contributed by atoms with Gasteiger partial charge in [-0.2, -0.15) is 4.98 Å². The number of aryl methyl sites for hydroxylation is 2. The quantitative estimate of drug-likeness (QED) is 0.813. The van der Waals surface area contributed by atoms with Gasteiger partial charge in [0, 0.05) is 25.7 Å². The average Bonchev–Trinajstić information content (AvgIpc) is 3.02. The monoisotopic (exact) mass is 348 g/mol. The van der Waals surface area contributed by atoms with Gasteiger partial charge in [0.25, 0.3) is 0 Å². The van der Waals surface area contributed by atoms with Gasteiger partial charge in [-0.25, -0.2) is 14.4 Å². The molecule has 0 spiro atoms. The Labute approximate surface area is 145 Å². The minimum absolute atomic E-state index is 0.0523. The van der Waals surface area contributed by atoms with Gasteiger partial charge < -0.3 is 14.2 Å². The number of halogens is 1. The van der Waals surface area contributed by atoms with Gasteiger partial charge >= 0.3 is 0 Å². The van der Waals surface area contributed by atoms with Crippen molar-refractivity contribution in [2.24, 2.45) is 0 Å². The summed E-state index contributed by atoms with van der Waals surface area (Å²) in [5.41, 5.74) is 0.457. The number of aromatic nitrogens is 4. The molecule has 4 heterocycles. The van der Waals surface area contributed by atoms with E-state index in [0.717, 1.165) is 6.54 Å². The van der Waals surface area contributed by atoms with Gasteiger partial charge in [0.05, 0.1) is 18.9 Å². The molecule has 2 aliphatic heterocycles. The van der Waals surface area contributed by atoms with E-state index in [4.69, 9.17) is 9.26 Å². The first-order chi connectivity index (χ1) is 12.2. The third-order valence-corrected chi connectivity index (χ3v) is 4.81. The SMILES string of the molecule is CCc1ncnc(N2CC(N3CCOCC3c3nc(C)no3)C2)c1F. The minimum atomic E-state index is -0.311. The Kier molecular flexibility index (Phi) is 4.34. The maximum atomic E-state index is 14.4. The van der Waals surface area contributed by atoms with Crippen molar-refractivity contribution >= 4 is 5.82 Å². The van der Waals surface area contributed by atoms with Crippen LogP contribution in [-0.2, 0) is 11.2 Å². The van der Waals surface area contributed by atoms with Crippen molar-refractivity contribution in [1.82, 2.24) is 25.0 Å². The van der Waals surface area contributed by atoms with Crippen molar-refractivity contribution in [3.63, 3.8) is 0 Å². The highest BCUT2D eigenvalue weighted by Gasteiger charge is 2.41. The molecule has 2 aromatic rings. The normalized spacial score (nSPS) is 22.2. The summed E-state index contributed by atoms with van der Waals surface area (Å²) >= 11 is 0. The molecule has 0 amide bonds. The predicted octanol–water partition coefficient (Wildman–Crippen LogP) is 1.13. The maximum Gasteiger partial charge on any atom is 0.246 e. The fraction of sp³-hybridized carbons (Fsp3) is 0.625. The zero-order chi connectivity index (χ0) is 17.4. The molecule has 0 N–H and O–H groups in total. The minimum Gasteiger partial charge on any atom is -0.378 e. The summed E-state index contributed by atoms with van der Waals surface area (Å²) in [5, 5.41) is 3.88. The van der Waals surface area contributed by atoms with E-state index in [2.05, 4.69) is 25.0 Å². The highest BCUT2D eigenvalue weighted by molar-refractivity contribution is 5.44. The number of nitrogens with zero attached hydrogens (tertiary/aromatic N) is 6. The lowest BCUT2D eigenvalue weighted by molar-refractivity contribution is -0.0463. The third-order valence-electron chi connectivity index (χ3n) is 4.81. The van der Waals surface area contributed by atoms with Gasteiger partial charge in [0.2, 0.25) is 5.89 Å². The van der Waals surface area contributed by atoms with Crippen LogP contribution in [0.25, 0.3) is 0 Å². The lowest BCUT2D eigenvalue weighted by Crippen LogP contribution is -2.62. The summed E-state index contributed by atoms with van der Waals surface area (Å²) < 4.78 is 25.4. The van der Waals surface area contributed by atoms with E-state index in [-0.39, 0.29) is 17.9 Å². The molecule has 0 bridgehead atoms. The van der Waals surface area contributed by atoms with Crippen molar-refractivity contribution in [3.05, 3.63) is 29.6 Å². The molecule has 25 heavy (non-hydrogen) atoms. The fourth-order valence-corrected chi connectivity index (χ4v) is 3.42. The highest BCUT2D eigenvalue weighted by Crippen LogP contribution is 2.31. The van der Waals surface area contributed by atoms with Crippen LogP contribution in [0.5, 0.6) is 0 Å². The number of hydrogen-bond acceptors (Lipinski definition) is 8. The second-order valence-electron chi connectivity index (χ2n) is 6.38. The molecule has 1 unspecified atom stereocenters. The first-order valence-electron chi connectivity index (χ1n) is 8.55. The zero-order valence-corrected chi connectivity index (χ0v) is 14.4. The predicted molar refractivity (Wildman–Crippen MR) is 86.7 cm³/mol. The van der Waals surface area contributed by atoms with Gasteiger partial charge in [-0.1, -0.05) is 12.1 Å². The summed E-state index contributed by atoms with van der Waals surface area (Å²) in [6, 6.07) is 0.226. The largest absolute Gasteiger partial charge is 0.378 e. The van der Waals surface area contributed by atoms with E-state index in [1.54, 1.807) is 6.92 Å². The van der Waals surface area contributed by atoms with Crippen molar-refractivity contribution < 1.29 is 13.7 Å². The molecular weight excluding hydrogens is 327 g/mol. The molecule has 0 aliphatic carbocycles. The van der Waals surface area contributed by atoms with Gasteiger partial charge in [-0.05, 0) is 13.3 Å². The van der Waals surface area contributed by atoms with Crippen LogP contribution in [0, 0.1) is 12.7 Å². The van der Waals surface area contributed by atoms with E-state index in [1.807, 2.05) is 11.8 Å². The van der Waals surface area contributed by atoms with Crippen LogP contribution < -0.4 is 4.90 Å². The lowest BCUT2D eigenvalue weighted by atomic mass is 10.0. The van der Waals surface area contributed by atoms with Gasteiger partial charge in [0.15, 0.2) is 17.5 Å². The Morgan fingerprint density at radius 3 is 2.88 bits per heavy atom. The van der Waals surface area contributed by atoms with Gasteiger partial charge in [-0.3, -0.25) is 4.90 Å².